The van der Waals surface area contributed by atoms with Crippen LogP contribution in [0.15, 0.2) is 0 Å². The molecule has 0 aliphatic rings. The maximum absolute atomic E-state index is 11.8. The van der Waals surface area contributed by atoms with Crippen LogP contribution in [0.2, 0.25) is 0 Å². The Bertz CT molecular complexity index is 743. The van der Waals surface area contributed by atoms with E-state index in [4.69, 9.17) is 23.7 Å². The van der Waals surface area contributed by atoms with Crippen molar-refractivity contribution in [2.75, 3.05) is 79.0 Å². The summed E-state index contributed by atoms with van der Waals surface area (Å²) in [6.07, 6.45) is 0.231. The van der Waals surface area contributed by atoms with E-state index in [2.05, 4.69) is 21.3 Å². The predicted octanol–water partition coefficient (Wildman–Crippen LogP) is -0.560. The SMILES string of the molecule is CC(=O)NCCOCCOCCNC(=O)CCC(=O)NCCOCCOCCNC(=O)CCC(=O)OC(C)(C)C. The third-order valence-corrected chi connectivity index (χ3v) is 4.63. The van der Waals surface area contributed by atoms with Crippen molar-refractivity contribution in [2.45, 2.75) is 59.0 Å². The van der Waals surface area contributed by atoms with Crippen molar-refractivity contribution in [3.63, 3.8) is 0 Å². The minimum absolute atomic E-state index is 0.0265. The van der Waals surface area contributed by atoms with Gasteiger partial charge in [-0.2, -0.15) is 0 Å². The van der Waals surface area contributed by atoms with E-state index in [0.29, 0.717) is 79.0 Å². The van der Waals surface area contributed by atoms with Crippen LogP contribution in [-0.4, -0.2) is 114 Å². The third-order valence-electron chi connectivity index (χ3n) is 4.63. The van der Waals surface area contributed by atoms with E-state index in [1.165, 1.54) is 6.92 Å². The molecule has 0 saturated carbocycles. The largest absolute Gasteiger partial charge is 0.460 e. The van der Waals surface area contributed by atoms with Gasteiger partial charge in [-0.1, -0.05) is 0 Å². The monoisotopic (exact) mass is 576 g/mol. The lowest BCUT2D eigenvalue weighted by Gasteiger charge is -2.19. The highest BCUT2D eigenvalue weighted by molar-refractivity contribution is 5.83. The van der Waals surface area contributed by atoms with Gasteiger partial charge in [0.05, 0.1) is 59.3 Å². The zero-order chi connectivity index (χ0) is 30.1. The summed E-state index contributed by atoms with van der Waals surface area (Å²) in [5.41, 5.74) is -0.570. The molecule has 0 rings (SSSR count). The molecule has 0 saturated heterocycles. The molecule has 0 bridgehead atoms. The zero-order valence-electron chi connectivity index (χ0n) is 24.4. The molecule has 0 aromatic heterocycles. The Kier molecular flexibility index (Phi) is 22.3. The van der Waals surface area contributed by atoms with Crippen LogP contribution in [0.1, 0.15) is 53.4 Å². The maximum Gasteiger partial charge on any atom is 0.306 e. The fourth-order valence-electron chi connectivity index (χ4n) is 2.83. The molecule has 0 aromatic rings. The number of carbonyl (C=O) groups excluding carboxylic acids is 5. The van der Waals surface area contributed by atoms with E-state index < -0.39 is 11.6 Å². The normalized spacial score (nSPS) is 11.0. The molecule has 0 radical (unpaired) electrons. The molecule has 14 nitrogen and oxygen atoms in total. The van der Waals surface area contributed by atoms with Gasteiger partial charge in [0.25, 0.3) is 0 Å². The topological polar surface area (TPSA) is 180 Å². The van der Waals surface area contributed by atoms with Crippen LogP contribution >= 0.6 is 0 Å². The summed E-state index contributed by atoms with van der Waals surface area (Å²) < 4.78 is 26.5. The van der Waals surface area contributed by atoms with Crippen LogP contribution in [0.3, 0.4) is 0 Å². The molecule has 0 spiro atoms. The molecule has 40 heavy (non-hydrogen) atoms. The molecule has 0 aromatic carbocycles. The molecule has 0 aliphatic carbocycles. The first-order chi connectivity index (χ1) is 19.0. The number of carbonyl (C=O) groups is 5. The lowest BCUT2D eigenvalue weighted by atomic mass is 10.2. The number of ether oxygens (including phenoxy) is 5. The van der Waals surface area contributed by atoms with Gasteiger partial charge < -0.3 is 45.0 Å². The van der Waals surface area contributed by atoms with Crippen LogP contribution in [0.4, 0.5) is 0 Å². The summed E-state index contributed by atoms with van der Waals surface area (Å²) in [7, 11) is 0. The summed E-state index contributed by atoms with van der Waals surface area (Å²) >= 11 is 0. The lowest BCUT2D eigenvalue weighted by Crippen LogP contribution is -2.31. The van der Waals surface area contributed by atoms with Crippen LogP contribution in [0, 0.1) is 0 Å². The van der Waals surface area contributed by atoms with Gasteiger partial charge in [-0.25, -0.2) is 0 Å². The Balaban J connectivity index is 3.45. The van der Waals surface area contributed by atoms with Crippen molar-refractivity contribution in [3.8, 4) is 0 Å². The van der Waals surface area contributed by atoms with Gasteiger partial charge in [0.2, 0.25) is 23.6 Å². The molecular weight excluding hydrogens is 528 g/mol. The fraction of sp³-hybridized carbons (Fsp3) is 0.808. The van der Waals surface area contributed by atoms with E-state index in [9.17, 15) is 24.0 Å². The molecular formula is C26H48N4O10. The smallest absolute Gasteiger partial charge is 0.306 e. The predicted molar refractivity (Wildman–Crippen MR) is 145 cm³/mol. The molecule has 0 heterocycles. The van der Waals surface area contributed by atoms with Crippen LogP contribution in [0.25, 0.3) is 0 Å². The van der Waals surface area contributed by atoms with E-state index >= 15 is 0 Å². The summed E-state index contributed by atoms with van der Waals surface area (Å²) in [6, 6.07) is 0. The van der Waals surface area contributed by atoms with Crippen molar-refractivity contribution in [1.82, 2.24) is 21.3 Å². The van der Waals surface area contributed by atoms with Gasteiger partial charge in [0, 0.05) is 52.4 Å². The molecule has 0 aliphatic heterocycles. The first-order valence-electron chi connectivity index (χ1n) is 13.6. The Hall–Kier alpha value is -2.81. The van der Waals surface area contributed by atoms with Crippen molar-refractivity contribution < 1.29 is 47.7 Å². The van der Waals surface area contributed by atoms with Crippen LogP contribution in [-0.2, 0) is 47.7 Å². The van der Waals surface area contributed by atoms with Crippen LogP contribution < -0.4 is 21.3 Å². The Morgan fingerprint density at radius 1 is 0.500 bits per heavy atom. The average molecular weight is 577 g/mol. The molecule has 0 atom stereocenters. The van der Waals surface area contributed by atoms with Gasteiger partial charge in [-0.05, 0) is 20.8 Å². The van der Waals surface area contributed by atoms with E-state index in [-0.39, 0.29) is 49.3 Å². The fourth-order valence-corrected chi connectivity index (χ4v) is 2.83. The molecule has 0 fully saturated rings. The quantitative estimate of drug-likeness (QED) is 0.0859. The van der Waals surface area contributed by atoms with Gasteiger partial charge in [0.1, 0.15) is 5.60 Å². The van der Waals surface area contributed by atoms with Gasteiger partial charge in [-0.15, -0.1) is 0 Å². The average Bonchev–Trinajstić information content (AvgIpc) is 2.87. The maximum atomic E-state index is 11.8. The second-order valence-electron chi connectivity index (χ2n) is 9.57. The van der Waals surface area contributed by atoms with E-state index in [1.807, 2.05) is 0 Å². The zero-order valence-corrected chi connectivity index (χ0v) is 24.4. The first-order valence-corrected chi connectivity index (χ1v) is 13.6. The minimum atomic E-state index is -0.570. The van der Waals surface area contributed by atoms with Crippen molar-refractivity contribution in [2.24, 2.45) is 0 Å². The first kappa shape index (κ1) is 37.2. The number of esters is 1. The summed E-state index contributed by atoms with van der Waals surface area (Å²) in [5, 5.41) is 10.6. The third kappa shape index (κ3) is 28.2. The van der Waals surface area contributed by atoms with Crippen LogP contribution in [0.5, 0.6) is 0 Å². The summed E-state index contributed by atoms with van der Waals surface area (Å²) in [4.78, 5) is 57.6. The van der Waals surface area contributed by atoms with E-state index in [1.54, 1.807) is 20.8 Å². The number of hydrogen-bond donors (Lipinski definition) is 4. The van der Waals surface area contributed by atoms with Gasteiger partial charge in [-0.3, -0.25) is 24.0 Å². The van der Waals surface area contributed by atoms with Crippen molar-refractivity contribution in [3.05, 3.63) is 0 Å². The number of amides is 4. The molecule has 232 valence electrons. The van der Waals surface area contributed by atoms with E-state index in [0.717, 1.165) is 0 Å². The second-order valence-corrected chi connectivity index (χ2v) is 9.57. The second kappa shape index (κ2) is 24.0. The number of hydrogen-bond acceptors (Lipinski definition) is 10. The highest BCUT2D eigenvalue weighted by atomic mass is 16.6. The Labute approximate surface area is 236 Å². The Morgan fingerprint density at radius 2 is 0.825 bits per heavy atom. The standard InChI is InChI=1S/C26H48N4O10/c1-21(31)27-9-13-36-17-18-37-14-10-28-22(32)5-6-23(33)29-11-15-38-19-20-39-16-12-30-24(34)7-8-25(35)40-26(2,3)4/h5-20H2,1-4H3,(H,27,31)(H,28,32)(H,29,33)(H,30,34). The van der Waals surface area contributed by atoms with Gasteiger partial charge in [0.15, 0.2) is 0 Å². The summed E-state index contributed by atoms with van der Waals surface area (Å²) in [6.45, 7) is 11.0. The molecule has 4 amide bonds. The summed E-state index contributed by atoms with van der Waals surface area (Å²) in [5.74, 6) is -1.25. The Morgan fingerprint density at radius 3 is 1.15 bits per heavy atom. The number of rotatable bonds is 24. The highest BCUT2D eigenvalue weighted by Gasteiger charge is 2.17. The van der Waals surface area contributed by atoms with Crippen molar-refractivity contribution in [1.29, 1.82) is 0 Å². The minimum Gasteiger partial charge on any atom is -0.460 e. The molecule has 14 heteroatoms. The van der Waals surface area contributed by atoms with Gasteiger partial charge >= 0.3 is 5.97 Å². The highest BCUT2D eigenvalue weighted by Crippen LogP contribution is 2.08. The van der Waals surface area contributed by atoms with Crippen molar-refractivity contribution >= 4 is 29.6 Å². The molecule has 4 N–H and O–H groups in total. The number of nitrogens with one attached hydrogen (secondary N) is 4. The lowest BCUT2D eigenvalue weighted by molar-refractivity contribution is -0.155. The molecule has 0 unspecified atom stereocenters.